The van der Waals surface area contributed by atoms with Gasteiger partial charge in [-0.3, -0.25) is 14.1 Å². The van der Waals surface area contributed by atoms with Crippen molar-refractivity contribution >= 4 is 21.4 Å². The molecule has 0 aliphatic carbocycles. The Labute approximate surface area is 217 Å². The standard InChI is InChI=1S/C25H27F3N4O5S/c1-36-21-13-18(12-17-2-4-31(16-25(26,27)28)24(33)23(17)21)20-15-29-22-14-19(3-5-32(20)22)37-9-6-30-7-10-38(34,35)11-8-30/h3,5,12-15H,2,4,6-11,16H2,1H3. The molecule has 1 saturated heterocycles. The lowest BCUT2D eigenvalue weighted by Crippen LogP contribution is -2.43. The van der Waals surface area contributed by atoms with Gasteiger partial charge in [-0.15, -0.1) is 0 Å². The second kappa shape index (κ2) is 10.1. The van der Waals surface area contributed by atoms with Crippen molar-refractivity contribution in [1.82, 2.24) is 19.2 Å². The highest BCUT2D eigenvalue weighted by molar-refractivity contribution is 7.91. The van der Waals surface area contributed by atoms with Crippen LogP contribution < -0.4 is 9.47 Å². The van der Waals surface area contributed by atoms with E-state index < -0.39 is 28.5 Å². The van der Waals surface area contributed by atoms with Crippen LogP contribution in [0.5, 0.6) is 11.5 Å². The van der Waals surface area contributed by atoms with Gasteiger partial charge < -0.3 is 14.4 Å². The molecule has 0 saturated carbocycles. The number of alkyl halides is 3. The Bertz CT molecular complexity index is 1440. The first-order chi connectivity index (χ1) is 18.0. The molecule has 2 aliphatic heterocycles. The number of rotatable bonds is 7. The Balaban J connectivity index is 1.32. The number of pyridine rings is 1. The van der Waals surface area contributed by atoms with Crippen LogP contribution in [0.3, 0.4) is 0 Å². The predicted octanol–water partition coefficient (Wildman–Crippen LogP) is 2.68. The highest BCUT2D eigenvalue weighted by Crippen LogP contribution is 2.35. The lowest BCUT2D eigenvalue weighted by molar-refractivity contribution is -0.141. The first kappa shape index (κ1) is 26.3. The summed E-state index contributed by atoms with van der Waals surface area (Å²) in [6.07, 6.45) is -0.715. The average molecular weight is 553 g/mol. The van der Waals surface area contributed by atoms with E-state index in [4.69, 9.17) is 9.47 Å². The Morgan fingerprint density at radius 1 is 1.11 bits per heavy atom. The smallest absolute Gasteiger partial charge is 0.406 e. The zero-order valence-corrected chi connectivity index (χ0v) is 21.5. The predicted molar refractivity (Wildman–Crippen MR) is 133 cm³/mol. The molecule has 1 amide bonds. The van der Waals surface area contributed by atoms with Gasteiger partial charge in [-0.25, -0.2) is 13.4 Å². The van der Waals surface area contributed by atoms with Crippen LogP contribution >= 0.6 is 0 Å². The quantitative estimate of drug-likeness (QED) is 0.445. The van der Waals surface area contributed by atoms with Gasteiger partial charge in [-0.2, -0.15) is 13.2 Å². The van der Waals surface area contributed by atoms with Crippen molar-refractivity contribution in [2.75, 3.05) is 57.9 Å². The first-order valence-electron chi connectivity index (χ1n) is 12.1. The van der Waals surface area contributed by atoms with Gasteiger partial charge in [0.2, 0.25) is 0 Å². The number of hydrogen-bond acceptors (Lipinski definition) is 7. The number of hydrogen-bond donors (Lipinski definition) is 0. The topological polar surface area (TPSA) is 93.5 Å². The van der Waals surface area contributed by atoms with E-state index in [-0.39, 0.29) is 35.8 Å². The number of methoxy groups -OCH3 is 1. The molecule has 0 unspecified atom stereocenters. The number of carbonyl (C=O) groups excluding carboxylic acids is 1. The number of halogens is 3. The number of benzene rings is 1. The zero-order valence-electron chi connectivity index (χ0n) is 20.7. The normalized spacial score (nSPS) is 18.0. The van der Waals surface area contributed by atoms with Crippen molar-refractivity contribution in [3.63, 3.8) is 0 Å². The molecule has 0 N–H and O–H groups in total. The van der Waals surface area contributed by atoms with Gasteiger partial charge in [0, 0.05) is 44.0 Å². The fourth-order valence-electron chi connectivity index (χ4n) is 4.84. The maximum absolute atomic E-state index is 12.9. The van der Waals surface area contributed by atoms with Crippen LogP contribution in [0, 0.1) is 0 Å². The highest BCUT2D eigenvalue weighted by Gasteiger charge is 2.37. The van der Waals surface area contributed by atoms with E-state index in [1.165, 1.54) is 7.11 Å². The number of nitrogens with zero attached hydrogens (tertiary/aromatic N) is 4. The minimum absolute atomic E-state index is 0.0287. The minimum Gasteiger partial charge on any atom is -0.496 e. The number of ether oxygens (including phenoxy) is 2. The molecule has 0 spiro atoms. The van der Waals surface area contributed by atoms with Gasteiger partial charge in [-0.05, 0) is 30.2 Å². The molecule has 4 heterocycles. The molecule has 2 aliphatic rings. The third-order valence-electron chi connectivity index (χ3n) is 6.82. The van der Waals surface area contributed by atoms with E-state index in [0.717, 1.165) is 16.2 Å². The van der Waals surface area contributed by atoms with Crippen LogP contribution in [0.15, 0.2) is 36.7 Å². The summed E-state index contributed by atoms with van der Waals surface area (Å²) in [4.78, 5) is 20.2. The molecule has 3 aromatic rings. The van der Waals surface area contributed by atoms with E-state index in [9.17, 15) is 26.4 Å². The second-order valence-corrected chi connectivity index (χ2v) is 11.7. The fraction of sp³-hybridized carbons (Fsp3) is 0.440. The summed E-state index contributed by atoms with van der Waals surface area (Å²) in [7, 11) is -1.54. The molecule has 1 aromatic carbocycles. The summed E-state index contributed by atoms with van der Waals surface area (Å²) >= 11 is 0. The zero-order chi connectivity index (χ0) is 27.1. The van der Waals surface area contributed by atoms with Crippen LogP contribution in [0.1, 0.15) is 15.9 Å². The molecule has 9 nitrogen and oxygen atoms in total. The Kier molecular flexibility index (Phi) is 6.99. The van der Waals surface area contributed by atoms with E-state index in [2.05, 4.69) is 9.88 Å². The highest BCUT2D eigenvalue weighted by atomic mass is 32.2. The maximum atomic E-state index is 12.9. The summed E-state index contributed by atoms with van der Waals surface area (Å²) in [5.41, 5.74) is 2.86. The summed E-state index contributed by atoms with van der Waals surface area (Å²) in [6, 6.07) is 7.03. The van der Waals surface area contributed by atoms with Crippen LogP contribution in [0.4, 0.5) is 13.2 Å². The van der Waals surface area contributed by atoms with Crippen LogP contribution in [-0.4, -0.2) is 97.6 Å². The van der Waals surface area contributed by atoms with Crippen molar-refractivity contribution < 1.29 is 35.9 Å². The SMILES string of the molecule is COc1cc(-c2cnc3cc(OCCN4CCS(=O)(=O)CC4)ccn23)cc2c1C(=O)N(CC(F)(F)F)CC2. The molecule has 0 atom stereocenters. The van der Waals surface area contributed by atoms with Crippen LogP contribution in [-0.2, 0) is 16.3 Å². The summed E-state index contributed by atoms with van der Waals surface area (Å²) < 4.78 is 75.0. The third-order valence-corrected chi connectivity index (χ3v) is 8.43. The molecular formula is C25H27F3N4O5S. The molecule has 2 aromatic heterocycles. The van der Waals surface area contributed by atoms with Gasteiger partial charge >= 0.3 is 6.18 Å². The number of sulfone groups is 1. The summed E-state index contributed by atoms with van der Waals surface area (Å²) in [5, 5.41) is 0. The third kappa shape index (κ3) is 5.58. The van der Waals surface area contributed by atoms with Crippen molar-refractivity contribution in [2.24, 2.45) is 0 Å². The Morgan fingerprint density at radius 2 is 1.87 bits per heavy atom. The van der Waals surface area contributed by atoms with Crippen LogP contribution in [0.25, 0.3) is 16.9 Å². The first-order valence-corrected chi connectivity index (χ1v) is 14.0. The van der Waals surface area contributed by atoms with Gasteiger partial charge in [0.1, 0.15) is 30.3 Å². The molecule has 1 fully saturated rings. The lowest BCUT2D eigenvalue weighted by atomic mass is 9.94. The molecular weight excluding hydrogens is 525 g/mol. The van der Waals surface area contributed by atoms with E-state index in [1.54, 1.807) is 30.5 Å². The number of aromatic nitrogens is 2. The van der Waals surface area contributed by atoms with E-state index in [1.807, 2.05) is 10.6 Å². The summed E-state index contributed by atoms with van der Waals surface area (Å²) in [6.45, 7) is 0.710. The Morgan fingerprint density at radius 3 is 2.58 bits per heavy atom. The maximum Gasteiger partial charge on any atom is 0.406 e. The molecule has 13 heteroatoms. The van der Waals surface area contributed by atoms with Gasteiger partial charge in [0.05, 0.1) is 36.1 Å². The van der Waals surface area contributed by atoms with Gasteiger partial charge in [0.25, 0.3) is 5.91 Å². The molecule has 5 rings (SSSR count). The van der Waals surface area contributed by atoms with Crippen LogP contribution in [0.2, 0.25) is 0 Å². The Hall–Kier alpha value is -3.32. The monoisotopic (exact) mass is 552 g/mol. The van der Waals surface area contributed by atoms with Gasteiger partial charge in [0.15, 0.2) is 9.84 Å². The van der Waals surface area contributed by atoms with E-state index >= 15 is 0 Å². The molecule has 0 bridgehead atoms. The molecule has 0 radical (unpaired) electrons. The van der Waals surface area contributed by atoms with Crippen molar-refractivity contribution in [3.8, 4) is 22.8 Å². The number of amides is 1. The largest absolute Gasteiger partial charge is 0.496 e. The van der Waals surface area contributed by atoms with Gasteiger partial charge in [-0.1, -0.05) is 0 Å². The number of imidazole rings is 1. The van der Waals surface area contributed by atoms with Crippen molar-refractivity contribution in [1.29, 1.82) is 0 Å². The van der Waals surface area contributed by atoms with Crippen molar-refractivity contribution in [3.05, 3.63) is 47.8 Å². The summed E-state index contributed by atoms with van der Waals surface area (Å²) in [5.74, 6) is 0.484. The van der Waals surface area contributed by atoms with E-state index in [0.29, 0.717) is 43.2 Å². The average Bonchev–Trinajstić information content (AvgIpc) is 3.29. The van der Waals surface area contributed by atoms with Crippen molar-refractivity contribution in [2.45, 2.75) is 12.6 Å². The number of fused-ring (bicyclic) bond motifs is 2. The fourth-order valence-corrected chi connectivity index (χ4v) is 6.11. The lowest BCUT2D eigenvalue weighted by Gasteiger charge is -2.30. The second-order valence-electron chi connectivity index (χ2n) is 9.38. The molecule has 204 valence electrons. The number of carbonyl (C=O) groups is 1. The molecule has 38 heavy (non-hydrogen) atoms. The minimum atomic E-state index is -4.48.